The topological polar surface area (TPSA) is 13.1 Å². The molecule has 0 radical (unpaired) electrons. The predicted octanol–water partition coefficient (Wildman–Crippen LogP) is 6.85. The first-order chi connectivity index (χ1) is 12.3. The standard InChI is InChI=1S/C23H15ClO/c24-19-10-8-15(9-11-19)20-6-3-5-16-12-18(13-21(16)20)23-14-17-4-1-2-7-22(17)25-23/h1-11,13-14H,12H2. The normalized spacial score (nSPS) is 13.1. The van der Waals surface area contributed by atoms with E-state index in [0.29, 0.717) is 0 Å². The lowest BCUT2D eigenvalue weighted by Crippen LogP contribution is -1.87. The zero-order valence-corrected chi connectivity index (χ0v) is 14.3. The van der Waals surface area contributed by atoms with Gasteiger partial charge in [-0.1, -0.05) is 60.1 Å². The fourth-order valence-corrected chi connectivity index (χ4v) is 3.67. The monoisotopic (exact) mass is 342 g/mol. The highest BCUT2D eigenvalue weighted by Gasteiger charge is 2.20. The van der Waals surface area contributed by atoms with E-state index in [-0.39, 0.29) is 0 Å². The van der Waals surface area contributed by atoms with Crippen molar-refractivity contribution in [2.45, 2.75) is 6.42 Å². The first-order valence-corrected chi connectivity index (χ1v) is 8.73. The Morgan fingerprint density at radius 1 is 0.840 bits per heavy atom. The Balaban J connectivity index is 1.61. The minimum absolute atomic E-state index is 0.759. The van der Waals surface area contributed by atoms with Gasteiger partial charge in [0.15, 0.2) is 0 Å². The van der Waals surface area contributed by atoms with E-state index in [2.05, 4.69) is 48.5 Å². The van der Waals surface area contributed by atoms with Crippen LogP contribution in [-0.2, 0) is 6.42 Å². The molecular weight excluding hydrogens is 328 g/mol. The minimum atomic E-state index is 0.759. The SMILES string of the molecule is Clc1ccc(-c2cccc3c2C=C(c2cc4ccccc4o2)C3)cc1. The van der Waals surface area contributed by atoms with Crippen LogP contribution >= 0.6 is 11.6 Å². The minimum Gasteiger partial charge on any atom is -0.456 e. The molecule has 0 spiro atoms. The number of halogens is 1. The molecule has 0 amide bonds. The number of benzene rings is 3. The van der Waals surface area contributed by atoms with Gasteiger partial charge in [0, 0.05) is 16.8 Å². The van der Waals surface area contributed by atoms with Gasteiger partial charge in [0.05, 0.1) is 0 Å². The average Bonchev–Trinajstić information content (AvgIpc) is 3.26. The van der Waals surface area contributed by atoms with Crippen molar-refractivity contribution in [3.05, 3.63) is 94.7 Å². The summed E-state index contributed by atoms with van der Waals surface area (Å²) in [5, 5.41) is 1.90. The molecule has 0 atom stereocenters. The summed E-state index contributed by atoms with van der Waals surface area (Å²) in [5.41, 5.74) is 7.20. The Kier molecular flexibility index (Phi) is 3.29. The molecule has 120 valence electrons. The summed E-state index contributed by atoms with van der Waals surface area (Å²) in [6.07, 6.45) is 3.16. The molecule has 4 aromatic rings. The lowest BCUT2D eigenvalue weighted by atomic mass is 9.97. The molecular formula is C23H15ClO. The number of fused-ring (bicyclic) bond motifs is 2. The van der Waals surface area contributed by atoms with Crippen molar-refractivity contribution in [2.24, 2.45) is 0 Å². The van der Waals surface area contributed by atoms with Crippen LogP contribution in [0.5, 0.6) is 0 Å². The van der Waals surface area contributed by atoms with E-state index in [0.717, 1.165) is 28.2 Å². The van der Waals surface area contributed by atoms with Crippen LogP contribution in [0.25, 0.3) is 33.7 Å². The van der Waals surface area contributed by atoms with Gasteiger partial charge in [0.25, 0.3) is 0 Å². The molecule has 0 N–H and O–H groups in total. The highest BCUT2D eigenvalue weighted by Crippen LogP contribution is 2.39. The van der Waals surface area contributed by atoms with Crippen molar-refractivity contribution in [1.29, 1.82) is 0 Å². The Morgan fingerprint density at radius 3 is 2.52 bits per heavy atom. The maximum Gasteiger partial charge on any atom is 0.134 e. The van der Waals surface area contributed by atoms with Crippen molar-refractivity contribution in [1.82, 2.24) is 0 Å². The van der Waals surface area contributed by atoms with Crippen LogP contribution in [0.15, 0.2) is 77.2 Å². The smallest absolute Gasteiger partial charge is 0.134 e. The number of allylic oxidation sites excluding steroid dienone is 1. The molecule has 1 nitrogen and oxygen atoms in total. The fraction of sp³-hybridized carbons (Fsp3) is 0.0435. The summed E-state index contributed by atoms with van der Waals surface area (Å²) in [4.78, 5) is 0. The number of rotatable bonds is 2. The summed E-state index contributed by atoms with van der Waals surface area (Å²) in [6, 6.07) is 24.8. The van der Waals surface area contributed by atoms with E-state index >= 15 is 0 Å². The molecule has 0 fully saturated rings. The summed E-state index contributed by atoms with van der Waals surface area (Å²) >= 11 is 6.03. The molecule has 1 aromatic heterocycles. The number of hydrogen-bond acceptors (Lipinski definition) is 1. The van der Waals surface area contributed by atoms with E-state index in [1.165, 1.54) is 27.8 Å². The van der Waals surface area contributed by atoms with Crippen LogP contribution in [0.4, 0.5) is 0 Å². The van der Waals surface area contributed by atoms with E-state index in [1.807, 2.05) is 30.3 Å². The van der Waals surface area contributed by atoms with Gasteiger partial charge < -0.3 is 4.42 Å². The van der Waals surface area contributed by atoms with E-state index in [4.69, 9.17) is 16.0 Å². The molecule has 0 unspecified atom stereocenters. The molecule has 1 heterocycles. The van der Waals surface area contributed by atoms with Crippen LogP contribution in [0.2, 0.25) is 5.02 Å². The van der Waals surface area contributed by atoms with E-state index in [1.54, 1.807) is 0 Å². The summed E-state index contributed by atoms with van der Waals surface area (Å²) < 4.78 is 6.06. The van der Waals surface area contributed by atoms with Crippen molar-refractivity contribution in [3.8, 4) is 11.1 Å². The molecule has 25 heavy (non-hydrogen) atoms. The van der Waals surface area contributed by atoms with Gasteiger partial charge in [-0.25, -0.2) is 0 Å². The maximum atomic E-state index is 6.06. The van der Waals surface area contributed by atoms with Crippen molar-refractivity contribution in [2.75, 3.05) is 0 Å². The molecule has 0 saturated heterocycles. The van der Waals surface area contributed by atoms with Gasteiger partial charge in [-0.2, -0.15) is 0 Å². The van der Waals surface area contributed by atoms with E-state index in [9.17, 15) is 0 Å². The van der Waals surface area contributed by atoms with Gasteiger partial charge in [0.1, 0.15) is 11.3 Å². The van der Waals surface area contributed by atoms with Gasteiger partial charge in [0.2, 0.25) is 0 Å². The first kappa shape index (κ1) is 14.6. The quantitative estimate of drug-likeness (QED) is 0.388. The van der Waals surface area contributed by atoms with Crippen molar-refractivity contribution >= 4 is 34.2 Å². The third kappa shape index (κ3) is 2.48. The molecule has 3 aromatic carbocycles. The highest BCUT2D eigenvalue weighted by molar-refractivity contribution is 6.30. The molecule has 0 aliphatic heterocycles. The number of hydrogen-bond donors (Lipinski definition) is 0. The first-order valence-electron chi connectivity index (χ1n) is 8.35. The number of furan rings is 1. The summed E-state index contributed by atoms with van der Waals surface area (Å²) in [5.74, 6) is 0.958. The maximum absolute atomic E-state index is 6.06. The Bertz CT molecular complexity index is 1080. The lowest BCUT2D eigenvalue weighted by Gasteiger charge is -2.07. The summed E-state index contributed by atoms with van der Waals surface area (Å²) in [6.45, 7) is 0. The zero-order valence-electron chi connectivity index (χ0n) is 13.5. The second-order valence-electron chi connectivity index (χ2n) is 6.38. The third-order valence-corrected chi connectivity index (χ3v) is 5.05. The second kappa shape index (κ2) is 5.65. The molecule has 5 rings (SSSR count). The number of para-hydroxylation sites is 1. The molecule has 1 aliphatic carbocycles. The third-order valence-electron chi connectivity index (χ3n) is 4.79. The molecule has 0 saturated carbocycles. The summed E-state index contributed by atoms with van der Waals surface area (Å²) in [7, 11) is 0. The Morgan fingerprint density at radius 2 is 1.68 bits per heavy atom. The predicted molar refractivity (Wildman–Crippen MR) is 105 cm³/mol. The molecule has 1 aliphatic rings. The molecule has 0 bridgehead atoms. The van der Waals surface area contributed by atoms with Crippen LogP contribution in [0.3, 0.4) is 0 Å². The van der Waals surface area contributed by atoms with E-state index < -0.39 is 0 Å². The Labute approximate surface area is 151 Å². The van der Waals surface area contributed by atoms with Crippen LogP contribution in [-0.4, -0.2) is 0 Å². The van der Waals surface area contributed by atoms with Gasteiger partial charge >= 0.3 is 0 Å². The fourth-order valence-electron chi connectivity index (χ4n) is 3.55. The zero-order chi connectivity index (χ0) is 16.8. The largest absolute Gasteiger partial charge is 0.456 e. The van der Waals surface area contributed by atoms with Gasteiger partial charge in [-0.15, -0.1) is 0 Å². The van der Waals surface area contributed by atoms with Gasteiger partial charge in [-0.3, -0.25) is 0 Å². The molecule has 2 heteroatoms. The van der Waals surface area contributed by atoms with Crippen LogP contribution in [0, 0.1) is 0 Å². The van der Waals surface area contributed by atoms with Crippen LogP contribution in [0.1, 0.15) is 16.9 Å². The van der Waals surface area contributed by atoms with Gasteiger partial charge in [-0.05, 0) is 58.2 Å². The van der Waals surface area contributed by atoms with Crippen molar-refractivity contribution in [3.63, 3.8) is 0 Å². The van der Waals surface area contributed by atoms with Crippen LogP contribution < -0.4 is 0 Å². The Hall–Kier alpha value is -2.77. The average molecular weight is 343 g/mol. The highest BCUT2D eigenvalue weighted by atomic mass is 35.5. The second-order valence-corrected chi connectivity index (χ2v) is 6.82. The lowest BCUT2D eigenvalue weighted by molar-refractivity contribution is 0.598. The van der Waals surface area contributed by atoms with Crippen molar-refractivity contribution < 1.29 is 4.42 Å².